The van der Waals surface area contributed by atoms with Crippen LogP contribution in [-0.4, -0.2) is 43.0 Å². The van der Waals surface area contributed by atoms with E-state index in [4.69, 9.17) is 0 Å². The molecule has 3 amide bonds. The van der Waals surface area contributed by atoms with E-state index in [1.165, 1.54) is 37.1 Å². The van der Waals surface area contributed by atoms with Crippen LogP contribution >= 0.6 is 0 Å². The van der Waals surface area contributed by atoms with Gasteiger partial charge in [-0.1, -0.05) is 12.1 Å². The van der Waals surface area contributed by atoms with Crippen LogP contribution in [0.2, 0.25) is 0 Å². The van der Waals surface area contributed by atoms with Gasteiger partial charge in [0.25, 0.3) is 0 Å². The summed E-state index contributed by atoms with van der Waals surface area (Å²) in [5.74, 6) is -0.408. The number of hydrogen-bond donors (Lipinski definition) is 2. The number of nitrogens with zero attached hydrogens (tertiary/aromatic N) is 2. The van der Waals surface area contributed by atoms with Crippen LogP contribution in [0.1, 0.15) is 37.7 Å². The fourth-order valence-corrected chi connectivity index (χ4v) is 4.39. The number of anilines is 2. The highest BCUT2D eigenvalue weighted by atomic mass is 19.1. The van der Waals surface area contributed by atoms with Crippen LogP contribution in [0.3, 0.4) is 0 Å². The van der Waals surface area contributed by atoms with E-state index >= 15 is 0 Å². The lowest BCUT2D eigenvalue weighted by molar-refractivity contribution is -0.126. The van der Waals surface area contributed by atoms with Gasteiger partial charge in [0.05, 0.1) is 0 Å². The highest BCUT2D eigenvalue weighted by Gasteiger charge is 2.27. The van der Waals surface area contributed by atoms with Crippen molar-refractivity contribution >= 4 is 23.3 Å². The number of carbonyl (C=O) groups excluding carboxylic acids is 2. The molecule has 2 aromatic rings. The topological polar surface area (TPSA) is 64.7 Å². The van der Waals surface area contributed by atoms with Crippen molar-refractivity contribution in [1.29, 1.82) is 0 Å². The third-order valence-corrected chi connectivity index (χ3v) is 6.37. The second-order valence-electron chi connectivity index (χ2n) is 8.63. The minimum atomic E-state index is -0.288. The molecule has 7 heteroatoms. The number of benzene rings is 2. The molecule has 2 N–H and O–H groups in total. The van der Waals surface area contributed by atoms with Gasteiger partial charge in [-0.3, -0.25) is 4.79 Å². The fourth-order valence-electron chi connectivity index (χ4n) is 4.39. The average molecular weight is 439 g/mol. The van der Waals surface area contributed by atoms with Crippen LogP contribution in [0.15, 0.2) is 48.5 Å². The Labute approximate surface area is 188 Å². The third kappa shape index (κ3) is 5.78. The zero-order valence-corrected chi connectivity index (χ0v) is 18.4. The minimum Gasteiger partial charge on any atom is -0.372 e. The van der Waals surface area contributed by atoms with Gasteiger partial charge < -0.3 is 20.4 Å². The van der Waals surface area contributed by atoms with Crippen molar-refractivity contribution in [2.75, 3.05) is 36.4 Å². The Balaban J connectivity index is 1.21. The van der Waals surface area contributed by atoms with Crippen LogP contribution in [0.5, 0.6) is 0 Å². The second kappa shape index (κ2) is 10.5. The van der Waals surface area contributed by atoms with E-state index in [9.17, 15) is 14.0 Å². The predicted octanol–water partition coefficient (Wildman–Crippen LogP) is 4.38. The number of piperidine rings is 2. The van der Waals surface area contributed by atoms with E-state index in [1.54, 1.807) is 17.0 Å². The standard InChI is InChI=1S/C25H31FN4O2/c26-21-6-4-19(5-7-21)18-27-24(31)20-12-16-30(17-13-20)25(32)28-22-8-10-23(11-9-22)29-14-2-1-3-15-29/h4-11,20H,1-3,12-18H2,(H,27,31)(H,28,32). The summed E-state index contributed by atoms with van der Waals surface area (Å²) < 4.78 is 13.0. The summed E-state index contributed by atoms with van der Waals surface area (Å²) >= 11 is 0. The summed E-state index contributed by atoms with van der Waals surface area (Å²) in [6.07, 6.45) is 5.04. The minimum absolute atomic E-state index is 0.0114. The van der Waals surface area contributed by atoms with Crippen LogP contribution in [-0.2, 0) is 11.3 Å². The SMILES string of the molecule is O=C(NCc1ccc(F)cc1)C1CCN(C(=O)Nc2ccc(N3CCCCC3)cc2)CC1. The molecule has 170 valence electrons. The molecule has 0 atom stereocenters. The summed E-state index contributed by atoms with van der Waals surface area (Å²) in [5, 5.41) is 5.89. The van der Waals surface area contributed by atoms with Gasteiger partial charge in [-0.2, -0.15) is 0 Å². The Morgan fingerprint density at radius 3 is 2.19 bits per heavy atom. The number of nitrogens with one attached hydrogen (secondary N) is 2. The Morgan fingerprint density at radius 1 is 0.875 bits per heavy atom. The lowest BCUT2D eigenvalue weighted by Gasteiger charge is -2.31. The average Bonchev–Trinajstić information content (AvgIpc) is 2.84. The number of amides is 3. The zero-order valence-electron chi connectivity index (χ0n) is 18.4. The Morgan fingerprint density at radius 2 is 1.53 bits per heavy atom. The van der Waals surface area contributed by atoms with Crippen molar-refractivity contribution in [3.8, 4) is 0 Å². The Kier molecular flexibility index (Phi) is 7.24. The van der Waals surface area contributed by atoms with Gasteiger partial charge in [0, 0.05) is 50.0 Å². The maximum atomic E-state index is 13.0. The van der Waals surface area contributed by atoms with Gasteiger partial charge in [0.15, 0.2) is 0 Å². The Bertz CT molecular complexity index is 903. The van der Waals surface area contributed by atoms with Crippen LogP contribution in [0.25, 0.3) is 0 Å². The van der Waals surface area contributed by atoms with E-state index in [0.717, 1.165) is 24.3 Å². The first kappa shape index (κ1) is 22.1. The molecule has 0 radical (unpaired) electrons. The predicted molar refractivity (Wildman–Crippen MR) is 124 cm³/mol. The van der Waals surface area contributed by atoms with Crippen molar-refractivity contribution < 1.29 is 14.0 Å². The molecular weight excluding hydrogens is 407 g/mol. The molecular formula is C25H31FN4O2. The van der Waals surface area contributed by atoms with E-state index in [2.05, 4.69) is 27.7 Å². The van der Waals surface area contributed by atoms with E-state index in [1.807, 2.05) is 12.1 Å². The van der Waals surface area contributed by atoms with Crippen LogP contribution in [0.4, 0.5) is 20.6 Å². The molecule has 2 saturated heterocycles. The largest absolute Gasteiger partial charge is 0.372 e. The van der Waals surface area contributed by atoms with Crippen molar-refractivity contribution in [3.63, 3.8) is 0 Å². The number of likely N-dealkylation sites (tertiary alicyclic amines) is 1. The summed E-state index contributed by atoms with van der Waals surface area (Å²) in [5.41, 5.74) is 2.85. The normalized spacial score (nSPS) is 17.2. The van der Waals surface area contributed by atoms with Gasteiger partial charge in [-0.05, 0) is 74.1 Å². The zero-order chi connectivity index (χ0) is 22.3. The number of hydrogen-bond acceptors (Lipinski definition) is 3. The lowest BCUT2D eigenvalue weighted by atomic mass is 9.96. The molecule has 2 aliphatic rings. The highest BCUT2D eigenvalue weighted by Crippen LogP contribution is 2.23. The summed E-state index contributed by atoms with van der Waals surface area (Å²) in [7, 11) is 0. The monoisotopic (exact) mass is 438 g/mol. The van der Waals surface area contributed by atoms with Crippen molar-refractivity contribution in [2.24, 2.45) is 5.92 Å². The number of rotatable bonds is 5. The molecule has 0 aliphatic carbocycles. The molecule has 2 aromatic carbocycles. The molecule has 6 nitrogen and oxygen atoms in total. The van der Waals surface area contributed by atoms with Crippen molar-refractivity contribution in [1.82, 2.24) is 10.2 Å². The van der Waals surface area contributed by atoms with Gasteiger partial charge >= 0.3 is 6.03 Å². The molecule has 2 fully saturated rings. The van der Waals surface area contributed by atoms with Crippen molar-refractivity contribution in [2.45, 2.75) is 38.6 Å². The number of urea groups is 1. The van der Waals surface area contributed by atoms with Gasteiger partial charge in [0.1, 0.15) is 5.82 Å². The van der Waals surface area contributed by atoms with Crippen molar-refractivity contribution in [3.05, 3.63) is 59.9 Å². The van der Waals surface area contributed by atoms with Gasteiger partial charge in [0.2, 0.25) is 5.91 Å². The second-order valence-corrected chi connectivity index (χ2v) is 8.63. The molecule has 0 spiro atoms. The molecule has 0 aromatic heterocycles. The molecule has 0 bridgehead atoms. The summed E-state index contributed by atoms with van der Waals surface area (Å²) in [6.45, 7) is 3.67. The van der Waals surface area contributed by atoms with Crippen LogP contribution in [0, 0.1) is 11.7 Å². The van der Waals surface area contributed by atoms with E-state index < -0.39 is 0 Å². The molecule has 0 saturated carbocycles. The summed E-state index contributed by atoms with van der Waals surface area (Å²) in [4.78, 5) is 29.3. The van der Waals surface area contributed by atoms with Crippen LogP contribution < -0.4 is 15.5 Å². The molecule has 32 heavy (non-hydrogen) atoms. The smallest absolute Gasteiger partial charge is 0.321 e. The van der Waals surface area contributed by atoms with Gasteiger partial charge in [-0.25, -0.2) is 9.18 Å². The maximum Gasteiger partial charge on any atom is 0.321 e. The first-order valence-corrected chi connectivity index (χ1v) is 11.5. The Hall–Kier alpha value is -3.09. The van der Waals surface area contributed by atoms with E-state index in [-0.39, 0.29) is 23.7 Å². The van der Waals surface area contributed by atoms with Gasteiger partial charge in [-0.15, -0.1) is 0 Å². The molecule has 4 rings (SSSR count). The highest BCUT2D eigenvalue weighted by molar-refractivity contribution is 5.90. The maximum absolute atomic E-state index is 13.0. The number of halogens is 1. The third-order valence-electron chi connectivity index (χ3n) is 6.37. The lowest BCUT2D eigenvalue weighted by Crippen LogP contribution is -2.44. The number of carbonyl (C=O) groups is 2. The quantitative estimate of drug-likeness (QED) is 0.728. The molecule has 2 heterocycles. The molecule has 0 unspecified atom stereocenters. The first-order valence-electron chi connectivity index (χ1n) is 11.5. The molecule has 2 aliphatic heterocycles. The van der Waals surface area contributed by atoms with E-state index in [0.29, 0.717) is 32.5 Å². The fraction of sp³-hybridized carbons (Fsp3) is 0.440. The first-order chi connectivity index (χ1) is 15.6. The summed E-state index contributed by atoms with van der Waals surface area (Å²) in [6, 6.07) is 14.0.